The average molecular weight is 357 g/mol. The molecule has 0 spiro atoms. The Bertz CT molecular complexity index is 652. The molecular formula is C22H28O2S. The van der Waals surface area contributed by atoms with E-state index >= 15 is 0 Å². The van der Waals surface area contributed by atoms with Crippen molar-refractivity contribution in [1.82, 2.24) is 0 Å². The number of hydrogen-bond donors (Lipinski definition) is 0. The fourth-order valence-corrected chi connectivity index (χ4v) is 4.65. The lowest BCUT2D eigenvalue weighted by Crippen LogP contribution is -2.29. The third-order valence-electron chi connectivity index (χ3n) is 5.47. The van der Waals surface area contributed by atoms with Crippen LogP contribution in [0.1, 0.15) is 79.9 Å². The number of benzene rings is 1. The molecule has 0 aliphatic heterocycles. The summed E-state index contributed by atoms with van der Waals surface area (Å²) in [6.45, 7) is 2.27. The Balaban J connectivity index is 1.71. The largest absolute Gasteiger partial charge is 0.422 e. The number of hydrogen-bond acceptors (Lipinski definition) is 3. The van der Waals surface area contributed by atoms with Crippen LogP contribution in [-0.4, -0.2) is 5.97 Å². The predicted octanol–water partition coefficient (Wildman–Crippen LogP) is 6.75. The maximum atomic E-state index is 12.1. The Morgan fingerprint density at radius 1 is 1.08 bits per heavy atom. The number of rotatable bonds is 7. The van der Waals surface area contributed by atoms with Crippen molar-refractivity contribution < 1.29 is 9.53 Å². The van der Waals surface area contributed by atoms with Gasteiger partial charge in [-0.05, 0) is 53.8 Å². The molecular weight excluding hydrogens is 328 g/mol. The highest BCUT2D eigenvalue weighted by Crippen LogP contribution is 2.43. The van der Waals surface area contributed by atoms with Crippen molar-refractivity contribution in [3.05, 3.63) is 52.2 Å². The van der Waals surface area contributed by atoms with Crippen LogP contribution in [0.3, 0.4) is 0 Å². The van der Waals surface area contributed by atoms with Crippen LogP contribution in [0.15, 0.2) is 41.8 Å². The van der Waals surface area contributed by atoms with E-state index in [1.165, 1.54) is 74.7 Å². The number of thiophene rings is 1. The topological polar surface area (TPSA) is 26.3 Å². The number of unbranched alkanes of at least 4 members (excludes halogenated alkanes) is 2. The van der Waals surface area contributed by atoms with Crippen molar-refractivity contribution in [3.8, 4) is 5.75 Å². The minimum absolute atomic E-state index is 0.266. The molecule has 0 bridgehead atoms. The monoisotopic (exact) mass is 356 g/mol. The van der Waals surface area contributed by atoms with Gasteiger partial charge in [0, 0.05) is 0 Å². The van der Waals surface area contributed by atoms with Crippen molar-refractivity contribution in [2.75, 3.05) is 0 Å². The quantitative estimate of drug-likeness (QED) is 0.311. The molecule has 1 fully saturated rings. The van der Waals surface area contributed by atoms with Crippen molar-refractivity contribution in [1.29, 1.82) is 0 Å². The summed E-state index contributed by atoms with van der Waals surface area (Å²) in [7, 11) is 0. The van der Waals surface area contributed by atoms with E-state index in [1.54, 1.807) is 6.07 Å². The molecule has 0 amide bonds. The fourth-order valence-electron chi connectivity index (χ4n) is 4.05. The van der Waals surface area contributed by atoms with Crippen LogP contribution in [0.5, 0.6) is 5.75 Å². The smallest absolute Gasteiger partial charge is 0.353 e. The number of esters is 1. The van der Waals surface area contributed by atoms with Crippen molar-refractivity contribution >= 4 is 17.3 Å². The van der Waals surface area contributed by atoms with Crippen molar-refractivity contribution in [2.45, 2.75) is 70.1 Å². The summed E-state index contributed by atoms with van der Waals surface area (Å²) in [6.07, 6.45) is 11.8. The lowest BCUT2D eigenvalue weighted by Gasteiger charge is -2.38. The first-order valence-electron chi connectivity index (χ1n) is 9.60. The van der Waals surface area contributed by atoms with Gasteiger partial charge in [0.15, 0.2) is 0 Å². The minimum Gasteiger partial charge on any atom is -0.422 e. The second-order valence-electron chi connectivity index (χ2n) is 7.19. The van der Waals surface area contributed by atoms with Gasteiger partial charge in [-0.2, -0.15) is 0 Å². The zero-order valence-corrected chi connectivity index (χ0v) is 15.9. The predicted molar refractivity (Wildman–Crippen MR) is 105 cm³/mol. The zero-order chi connectivity index (χ0) is 17.5. The van der Waals surface area contributed by atoms with Gasteiger partial charge in [0.25, 0.3) is 0 Å². The molecule has 0 radical (unpaired) electrons. The van der Waals surface area contributed by atoms with E-state index in [4.69, 9.17) is 4.74 Å². The van der Waals surface area contributed by atoms with Crippen LogP contribution in [0.4, 0.5) is 0 Å². The van der Waals surface area contributed by atoms with Crippen LogP contribution in [-0.2, 0) is 5.41 Å². The van der Waals surface area contributed by atoms with Gasteiger partial charge in [0.05, 0.1) is 0 Å². The lowest BCUT2D eigenvalue weighted by molar-refractivity contribution is 0.0740. The fraction of sp³-hybridized carbons (Fsp3) is 0.500. The van der Waals surface area contributed by atoms with E-state index in [2.05, 4.69) is 19.1 Å². The Morgan fingerprint density at radius 3 is 2.48 bits per heavy atom. The first-order valence-corrected chi connectivity index (χ1v) is 10.5. The van der Waals surface area contributed by atoms with Crippen LogP contribution in [0.2, 0.25) is 0 Å². The summed E-state index contributed by atoms with van der Waals surface area (Å²) >= 11 is 1.41. The normalized spacial score (nSPS) is 16.5. The Labute approximate surface area is 155 Å². The van der Waals surface area contributed by atoms with Crippen molar-refractivity contribution in [2.24, 2.45) is 0 Å². The molecule has 0 unspecified atom stereocenters. The van der Waals surface area contributed by atoms with Crippen molar-refractivity contribution in [3.63, 3.8) is 0 Å². The highest BCUT2D eigenvalue weighted by Gasteiger charge is 2.33. The highest BCUT2D eigenvalue weighted by molar-refractivity contribution is 7.12. The van der Waals surface area contributed by atoms with Crippen LogP contribution >= 0.6 is 11.3 Å². The summed E-state index contributed by atoms with van der Waals surface area (Å²) in [5, 5.41) is 1.89. The number of ether oxygens (including phenoxy) is 1. The molecule has 0 N–H and O–H groups in total. The average Bonchev–Trinajstić information content (AvgIpc) is 3.18. The molecule has 25 heavy (non-hydrogen) atoms. The molecule has 1 aromatic carbocycles. The third kappa shape index (κ3) is 4.52. The first-order chi connectivity index (χ1) is 12.2. The van der Waals surface area contributed by atoms with Gasteiger partial charge in [0.1, 0.15) is 10.6 Å². The van der Waals surface area contributed by atoms with Gasteiger partial charge in [-0.15, -0.1) is 11.3 Å². The molecule has 0 atom stereocenters. The second-order valence-corrected chi connectivity index (χ2v) is 8.14. The molecule has 3 rings (SSSR count). The van der Waals surface area contributed by atoms with Gasteiger partial charge < -0.3 is 4.74 Å². The molecule has 3 heteroatoms. The summed E-state index contributed by atoms with van der Waals surface area (Å²) in [5.41, 5.74) is 1.77. The van der Waals surface area contributed by atoms with Crippen LogP contribution in [0.25, 0.3) is 0 Å². The molecule has 0 saturated heterocycles. The Kier molecular flexibility index (Phi) is 6.30. The summed E-state index contributed by atoms with van der Waals surface area (Å²) in [5.74, 6) is 0.375. The molecule has 2 nitrogen and oxygen atoms in total. The minimum atomic E-state index is -0.266. The molecule has 1 aromatic heterocycles. The third-order valence-corrected chi connectivity index (χ3v) is 6.32. The van der Waals surface area contributed by atoms with Crippen LogP contribution in [0, 0.1) is 0 Å². The molecule has 1 saturated carbocycles. The van der Waals surface area contributed by atoms with Gasteiger partial charge in [0.2, 0.25) is 0 Å². The SMILES string of the molecule is CCCCCC1(c2ccc(OC(=O)c3cccs3)cc2)CCCCC1. The molecule has 134 valence electrons. The zero-order valence-electron chi connectivity index (χ0n) is 15.1. The number of carbonyl (C=O) groups is 1. The summed E-state index contributed by atoms with van der Waals surface area (Å²) in [6, 6.07) is 12.0. The number of carbonyl (C=O) groups excluding carboxylic acids is 1. The summed E-state index contributed by atoms with van der Waals surface area (Å²) < 4.78 is 5.50. The maximum Gasteiger partial charge on any atom is 0.353 e. The van der Waals surface area contributed by atoms with E-state index in [0.29, 0.717) is 16.0 Å². The van der Waals surface area contributed by atoms with E-state index in [1.807, 2.05) is 23.6 Å². The van der Waals surface area contributed by atoms with Gasteiger partial charge in [-0.25, -0.2) is 4.79 Å². The van der Waals surface area contributed by atoms with E-state index < -0.39 is 0 Å². The van der Waals surface area contributed by atoms with E-state index in [9.17, 15) is 4.79 Å². The summed E-state index contributed by atoms with van der Waals surface area (Å²) in [4.78, 5) is 12.7. The Morgan fingerprint density at radius 2 is 1.84 bits per heavy atom. The molecule has 1 aliphatic carbocycles. The first kappa shape index (κ1) is 18.2. The van der Waals surface area contributed by atoms with Gasteiger partial charge >= 0.3 is 5.97 Å². The van der Waals surface area contributed by atoms with Gasteiger partial charge in [-0.1, -0.05) is 63.6 Å². The van der Waals surface area contributed by atoms with E-state index in [0.717, 1.165) is 0 Å². The standard InChI is InChI=1S/C22H28O2S/c1-2-3-5-14-22(15-6-4-7-16-22)18-10-12-19(13-11-18)24-21(23)20-9-8-17-25-20/h8-13,17H,2-7,14-16H2,1H3. The maximum absolute atomic E-state index is 12.1. The second kappa shape index (κ2) is 8.66. The van der Waals surface area contributed by atoms with E-state index in [-0.39, 0.29) is 5.97 Å². The molecule has 1 heterocycles. The highest BCUT2D eigenvalue weighted by atomic mass is 32.1. The molecule has 2 aromatic rings. The van der Waals surface area contributed by atoms with Crippen LogP contribution < -0.4 is 4.74 Å². The lowest BCUT2D eigenvalue weighted by atomic mass is 9.66. The molecule has 1 aliphatic rings. The van der Waals surface area contributed by atoms with Gasteiger partial charge in [-0.3, -0.25) is 0 Å². The Hall–Kier alpha value is -1.61.